The molecule has 1 N–H and O–H groups in total. The minimum Gasteiger partial charge on any atom is -0.478 e. The van der Waals surface area contributed by atoms with E-state index in [1.807, 2.05) is 66.7 Å². The molecular formula is C21H17ClO3S. The summed E-state index contributed by atoms with van der Waals surface area (Å²) < 4.78 is 6.37. The lowest BCUT2D eigenvalue weighted by atomic mass is 10.1. The van der Waals surface area contributed by atoms with Crippen molar-refractivity contribution in [3.63, 3.8) is 0 Å². The van der Waals surface area contributed by atoms with Crippen LogP contribution in [0.25, 0.3) is 16.5 Å². The maximum Gasteiger partial charge on any atom is 0.345 e. The van der Waals surface area contributed by atoms with Gasteiger partial charge in [-0.05, 0) is 47.5 Å². The van der Waals surface area contributed by atoms with Gasteiger partial charge in [0, 0.05) is 11.3 Å². The van der Waals surface area contributed by atoms with Crippen molar-refractivity contribution in [3.8, 4) is 16.2 Å². The Balaban J connectivity index is 1.64. The molecule has 1 atom stereocenters. The topological polar surface area (TPSA) is 46.5 Å². The van der Waals surface area contributed by atoms with Crippen LogP contribution in [-0.2, 0) is 4.79 Å². The van der Waals surface area contributed by atoms with E-state index in [9.17, 15) is 9.90 Å². The number of aliphatic carboxylic acids is 1. The van der Waals surface area contributed by atoms with E-state index in [1.54, 1.807) is 12.1 Å². The minimum atomic E-state index is -0.989. The number of benzene rings is 2. The van der Waals surface area contributed by atoms with Crippen LogP contribution in [0.4, 0.5) is 0 Å². The van der Waals surface area contributed by atoms with E-state index < -0.39 is 12.1 Å². The number of hydrogen-bond donors (Lipinski definition) is 1. The molecule has 26 heavy (non-hydrogen) atoms. The monoisotopic (exact) mass is 384 g/mol. The molecule has 2 aromatic carbocycles. The second-order valence-electron chi connectivity index (χ2n) is 5.62. The lowest BCUT2D eigenvalue weighted by Crippen LogP contribution is -2.26. The summed E-state index contributed by atoms with van der Waals surface area (Å²) in [5.74, 6) is -0.464. The van der Waals surface area contributed by atoms with E-state index in [1.165, 1.54) is 11.3 Å². The molecule has 0 aliphatic rings. The first kappa shape index (κ1) is 18.2. The van der Waals surface area contributed by atoms with Gasteiger partial charge in [0.2, 0.25) is 0 Å². The third-order valence-electron chi connectivity index (χ3n) is 3.73. The van der Waals surface area contributed by atoms with Gasteiger partial charge in [-0.1, -0.05) is 54.1 Å². The Labute approximate surface area is 161 Å². The van der Waals surface area contributed by atoms with Gasteiger partial charge in [-0.3, -0.25) is 0 Å². The Morgan fingerprint density at radius 1 is 1.08 bits per heavy atom. The molecule has 0 aliphatic heterocycles. The van der Waals surface area contributed by atoms with Gasteiger partial charge in [-0.25, -0.2) is 4.79 Å². The van der Waals surface area contributed by atoms with Crippen molar-refractivity contribution < 1.29 is 14.6 Å². The number of ether oxygens (including phenoxy) is 1. The van der Waals surface area contributed by atoms with Crippen LogP contribution in [0.2, 0.25) is 4.34 Å². The van der Waals surface area contributed by atoms with Crippen molar-refractivity contribution >= 4 is 35.0 Å². The number of carboxylic acids is 1. The number of hydrogen-bond acceptors (Lipinski definition) is 3. The zero-order valence-corrected chi connectivity index (χ0v) is 15.4. The predicted molar refractivity (Wildman–Crippen MR) is 107 cm³/mol. The summed E-state index contributed by atoms with van der Waals surface area (Å²) in [6.07, 6.45) is 3.06. The third kappa shape index (κ3) is 4.97. The average molecular weight is 385 g/mol. The molecular weight excluding hydrogens is 368 g/mol. The molecule has 0 radical (unpaired) electrons. The Hall–Kier alpha value is -2.56. The maximum absolute atomic E-state index is 11.5. The van der Waals surface area contributed by atoms with Crippen LogP contribution < -0.4 is 4.74 Å². The molecule has 1 aromatic heterocycles. The second kappa shape index (κ2) is 8.70. The highest BCUT2D eigenvalue weighted by molar-refractivity contribution is 7.19. The van der Waals surface area contributed by atoms with Crippen molar-refractivity contribution in [2.24, 2.45) is 0 Å². The van der Waals surface area contributed by atoms with Crippen molar-refractivity contribution in [1.29, 1.82) is 0 Å². The first-order valence-electron chi connectivity index (χ1n) is 8.08. The standard InChI is InChI=1S/C21H17ClO3S/c22-20-14-13-19(26-20)16-9-11-17(12-10-16)25-18(21(23)24)8-4-7-15-5-2-1-3-6-15/h1-7,9-14,18H,8H2,(H,23,24)/t18-/m1/s1. The molecule has 0 unspecified atom stereocenters. The maximum atomic E-state index is 11.5. The molecule has 0 fully saturated rings. The van der Waals surface area contributed by atoms with Gasteiger partial charge in [0.1, 0.15) is 5.75 Å². The normalized spacial score (nSPS) is 12.2. The molecule has 0 saturated heterocycles. The van der Waals surface area contributed by atoms with Crippen LogP contribution in [0.5, 0.6) is 5.75 Å². The fourth-order valence-electron chi connectivity index (χ4n) is 2.42. The SMILES string of the molecule is O=C(O)[C@@H](CC=Cc1ccccc1)Oc1ccc(-c2ccc(Cl)s2)cc1. The summed E-state index contributed by atoms with van der Waals surface area (Å²) in [7, 11) is 0. The van der Waals surface area contributed by atoms with Crippen LogP contribution in [0, 0.1) is 0 Å². The highest BCUT2D eigenvalue weighted by Gasteiger charge is 2.17. The van der Waals surface area contributed by atoms with Gasteiger partial charge in [0.05, 0.1) is 4.34 Å². The zero-order chi connectivity index (χ0) is 18.4. The van der Waals surface area contributed by atoms with E-state index in [2.05, 4.69) is 0 Å². The molecule has 3 aromatic rings. The van der Waals surface area contributed by atoms with Crippen molar-refractivity contribution in [1.82, 2.24) is 0 Å². The first-order chi connectivity index (χ1) is 12.6. The number of thiophene rings is 1. The number of halogens is 1. The van der Waals surface area contributed by atoms with E-state index in [4.69, 9.17) is 16.3 Å². The summed E-state index contributed by atoms with van der Waals surface area (Å²) in [4.78, 5) is 12.5. The van der Waals surface area contributed by atoms with Crippen molar-refractivity contribution in [2.75, 3.05) is 0 Å². The number of carboxylic acid groups (broad SMARTS) is 1. The summed E-state index contributed by atoms with van der Waals surface area (Å²) in [6, 6.07) is 20.9. The van der Waals surface area contributed by atoms with Crippen molar-refractivity contribution in [3.05, 3.63) is 82.7 Å². The summed E-state index contributed by atoms with van der Waals surface area (Å²) in [5, 5.41) is 9.40. The predicted octanol–water partition coefficient (Wildman–Crippen LogP) is 6.00. The van der Waals surface area contributed by atoms with Gasteiger partial charge in [-0.15, -0.1) is 11.3 Å². The van der Waals surface area contributed by atoms with Crippen LogP contribution in [-0.4, -0.2) is 17.2 Å². The Bertz CT molecular complexity index is 885. The van der Waals surface area contributed by atoms with E-state index >= 15 is 0 Å². The summed E-state index contributed by atoms with van der Waals surface area (Å²) >= 11 is 7.46. The largest absolute Gasteiger partial charge is 0.478 e. The van der Waals surface area contributed by atoms with Crippen LogP contribution in [0.15, 0.2) is 72.8 Å². The van der Waals surface area contributed by atoms with E-state index in [0.29, 0.717) is 5.75 Å². The zero-order valence-electron chi connectivity index (χ0n) is 13.8. The fraction of sp³-hybridized carbons (Fsp3) is 0.0952. The van der Waals surface area contributed by atoms with Crippen molar-refractivity contribution in [2.45, 2.75) is 12.5 Å². The minimum absolute atomic E-state index is 0.284. The molecule has 0 saturated carbocycles. The van der Waals surface area contributed by atoms with Crippen LogP contribution >= 0.6 is 22.9 Å². The highest BCUT2D eigenvalue weighted by Crippen LogP contribution is 2.32. The smallest absolute Gasteiger partial charge is 0.345 e. The Kier molecular flexibility index (Phi) is 6.10. The first-order valence-corrected chi connectivity index (χ1v) is 9.28. The summed E-state index contributed by atoms with van der Waals surface area (Å²) in [5.41, 5.74) is 2.04. The van der Waals surface area contributed by atoms with Crippen LogP contribution in [0.3, 0.4) is 0 Å². The fourth-order valence-corrected chi connectivity index (χ4v) is 3.47. The quantitative estimate of drug-likeness (QED) is 0.543. The molecule has 0 spiro atoms. The molecule has 132 valence electrons. The third-order valence-corrected chi connectivity index (χ3v) is 5.01. The second-order valence-corrected chi connectivity index (χ2v) is 7.34. The lowest BCUT2D eigenvalue weighted by molar-refractivity contribution is -0.144. The van der Waals surface area contributed by atoms with Gasteiger partial charge in [-0.2, -0.15) is 0 Å². The molecule has 0 aliphatic carbocycles. The number of rotatable bonds is 7. The van der Waals surface area contributed by atoms with Gasteiger partial charge in [0.25, 0.3) is 0 Å². The van der Waals surface area contributed by atoms with Gasteiger partial charge in [0.15, 0.2) is 6.10 Å². The van der Waals surface area contributed by atoms with Gasteiger partial charge >= 0.3 is 5.97 Å². The number of carbonyl (C=O) groups is 1. The summed E-state index contributed by atoms with van der Waals surface area (Å²) in [6.45, 7) is 0. The van der Waals surface area contributed by atoms with Crippen LogP contribution in [0.1, 0.15) is 12.0 Å². The molecule has 0 amide bonds. The lowest BCUT2D eigenvalue weighted by Gasteiger charge is -2.13. The molecule has 3 rings (SSSR count). The van der Waals surface area contributed by atoms with E-state index in [0.717, 1.165) is 20.3 Å². The molecule has 0 bridgehead atoms. The van der Waals surface area contributed by atoms with Gasteiger partial charge < -0.3 is 9.84 Å². The Morgan fingerprint density at radius 2 is 1.81 bits per heavy atom. The average Bonchev–Trinajstić information content (AvgIpc) is 3.08. The molecule has 1 heterocycles. The molecule has 3 nitrogen and oxygen atoms in total. The molecule has 5 heteroatoms. The Morgan fingerprint density at radius 3 is 2.42 bits per heavy atom. The van der Waals surface area contributed by atoms with E-state index in [-0.39, 0.29) is 6.42 Å². The highest BCUT2D eigenvalue weighted by atomic mass is 35.5.